The molecule has 1 saturated carbocycles. The molecule has 0 bridgehead atoms. The van der Waals surface area contributed by atoms with E-state index in [4.69, 9.17) is 5.73 Å². The summed E-state index contributed by atoms with van der Waals surface area (Å²) < 4.78 is 0. The number of nitrogens with one attached hydrogen (secondary N) is 1. The van der Waals surface area contributed by atoms with E-state index in [1.54, 1.807) is 6.92 Å². The monoisotopic (exact) mass is 281 g/mol. The molecule has 0 radical (unpaired) electrons. The molecule has 1 aliphatic heterocycles. The van der Waals surface area contributed by atoms with Crippen molar-refractivity contribution < 1.29 is 9.59 Å². The maximum atomic E-state index is 12.6. The lowest BCUT2D eigenvalue weighted by atomic mass is 9.78. The zero-order chi connectivity index (χ0) is 14.5. The number of nitrogens with two attached hydrogens (primary N) is 1. The third-order valence-electron chi connectivity index (χ3n) is 4.74. The number of piperidine rings is 1. The summed E-state index contributed by atoms with van der Waals surface area (Å²) in [6.45, 7) is 3.69. The van der Waals surface area contributed by atoms with Gasteiger partial charge in [-0.2, -0.15) is 0 Å². The van der Waals surface area contributed by atoms with Gasteiger partial charge in [-0.3, -0.25) is 9.59 Å². The van der Waals surface area contributed by atoms with Gasteiger partial charge in [-0.15, -0.1) is 0 Å². The number of rotatable bonds is 3. The molecule has 5 heteroatoms. The van der Waals surface area contributed by atoms with Gasteiger partial charge in [0, 0.05) is 32.0 Å². The van der Waals surface area contributed by atoms with E-state index in [0.29, 0.717) is 18.4 Å². The van der Waals surface area contributed by atoms with Crippen molar-refractivity contribution in [2.75, 3.05) is 19.6 Å². The molecule has 0 aromatic carbocycles. The Morgan fingerprint density at radius 2 is 1.80 bits per heavy atom. The van der Waals surface area contributed by atoms with Gasteiger partial charge < -0.3 is 16.0 Å². The zero-order valence-corrected chi connectivity index (χ0v) is 12.4. The van der Waals surface area contributed by atoms with E-state index < -0.39 is 0 Å². The molecule has 1 heterocycles. The maximum absolute atomic E-state index is 12.6. The summed E-state index contributed by atoms with van der Waals surface area (Å²) in [7, 11) is 0. The van der Waals surface area contributed by atoms with Gasteiger partial charge >= 0.3 is 0 Å². The minimum Gasteiger partial charge on any atom is -0.353 e. The molecule has 0 aromatic heterocycles. The SMILES string of the molecule is CC(=O)NC1CCN(C(=O)C2CCCCC2CN)CC1. The summed E-state index contributed by atoms with van der Waals surface area (Å²) >= 11 is 0. The second kappa shape index (κ2) is 7.07. The van der Waals surface area contributed by atoms with Crippen LogP contribution < -0.4 is 11.1 Å². The summed E-state index contributed by atoms with van der Waals surface area (Å²) in [6.07, 6.45) is 6.17. The molecule has 2 atom stereocenters. The van der Waals surface area contributed by atoms with Crippen molar-refractivity contribution in [1.29, 1.82) is 0 Å². The predicted octanol–water partition coefficient (Wildman–Crippen LogP) is 0.879. The molecule has 2 aliphatic rings. The highest BCUT2D eigenvalue weighted by Gasteiger charge is 2.34. The van der Waals surface area contributed by atoms with Crippen LogP contribution in [0.25, 0.3) is 0 Å². The summed E-state index contributed by atoms with van der Waals surface area (Å²) in [5.41, 5.74) is 5.82. The largest absolute Gasteiger partial charge is 0.353 e. The summed E-state index contributed by atoms with van der Waals surface area (Å²) in [5, 5.41) is 2.94. The Hall–Kier alpha value is -1.10. The number of hydrogen-bond donors (Lipinski definition) is 2. The van der Waals surface area contributed by atoms with Gasteiger partial charge in [0.25, 0.3) is 0 Å². The third kappa shape index (κ3) is 3.72. The van der Waals surface area contributed by atoms with Crippen molar-refractivity contribution in [2.45, 2.75) is 51.5 Å². The second-order valence-electron chi connectivity index (χ2n) is 6.19. The summed E-state index contributed by atoms with van der Waals surface area (Å²) in [6, 6.07) is 0.230. The quantitative estimate of drug-likeness (QED) is 0.806. The maximum Gasteiger partial charge on any atom is 0.226 e. The molecule has 5 nitrogen and oxygen atoms in total. The Morgan fingerprint density at radius 1 is 1.15 bits per heavy atom. The lowest BCUT2D eigenvalue weighted by Gasteiger charge is -2.37. The second-order valence-corrected chi connectivity index (χ2v) is 6.19. The van der Waals surface area contributed by atoms with Crippen LogP contribution in [0.3, 0.4) is 0 Å². The minimum absolute atomic E-state index is 0.0188. The molecule has 0 aromatic rings. The first kappa shape index (κ1) is 15.3. The highest BCUT2D eigenvalue weighted by Crippen LogP contribution is 2.31. The molecule has 2 rings (SSSR count). The molecule has 1 saturated heterocycles. The smallest absolute Gasteiger partial charge is 0.226 e. The molecule has 2 fully saturated rings. The normalized spacial score (nSPS) is 28.2. The van der Waals surface area contributed by atoms with Gasteiger partial charge in [0.05, 0.1) is 0 Å². The van der Waals surface area contributed by atoms with Crippen LogP contribution in [0.15, 0.2) is 0 Å². The van der Waals surface area contributed by atoms with Gasteiger partial charge in [-0.1, -0.05) is 12.8 Å². The van der Waals surface area contributed by atoms with Crippen molar-refractivity contribution in [3.8, 4) is 0 Å². The average Bonchev–Trinajstić information content (AvgIpc) is 2.46. The highest BCUT2D eigenvalue weighted by atomic mass is 16.2. The van der Waals surface area contributed by atoms with Crippen LogP contribution in [0.4, 0.5) is 0 Å². The van der Waals surface area contributed by atoms with E-state index in [0.717, 1.165) is 45.2 Å². The Bertz CT molecular complexity index is 351. The Kier molecular flexibility index (Phi) is 5.40. The number of carbonyl (C=O) groups excluding carboxylic acids is 2. The van der Waals surface area contributed by atoms with Crippen LogP contribution in [-0.2, 0) is 9.59 Å². The van der Waals surface area contributed by atoms with Crippen LogP contribution in [0.5, 0.6) is 0 Å². The van der Waals surface area contributed by atoms with Crippen LogP contribution in [0.2, 0.25) is 0 Å². The highest BCUT2D eigenvalue weighted by molar-refractivity contribution is 5.79. The van der Waals surface area contributed by atoms with E-state index in [1.807, 2.05) is 4.90 Å². The summed E-state index contributed by atoms with van der Waals surface area (Å²) in [4.78, 5) is 25.7. The van der Waals surface area contributed by atoms with Crippen molar-refractivity contribution in [3.63, 3.8) is 0 Å². The molecule has 2 amide bonds. The van der Waals surface area contributed by atoms with E-state index in [1.165, 1.54) is 6.42 Å². The minimum atomic E-state index is 0.0188. The standard InChI is InChI=1S/C15H27N3O2/c1-11(19)17-13-6-8-18(9-7-13)15(20)14-5-3-2-4-12(14)10-16/h12-14H,2-10,16H2,1H3,(H,17,19). The number of likely N-dealkylation sites (tertiary alicyclic amines) is 1. The number of carbonyl (C=O) groups is 2. The molecule has 1 aliphatic carbocycles. The van der Waals surface area contributed by atoms with Gasteiger partial charge in [-0.25, -0.2) is 0 Å². The van der Waals surface area contributed by atoms with Crippen LogP contribution in [0.1, 0.15) is 45.4 Å². The molecular weight excluding hydrogens is 254 g/mol. The first-order valence-corrected chi connectivity index (χ1v) is 7.87. The van der Waals surface area contributed by atoms with Crippen molar-refractivity contribution >= 4 is 11.8 Å². The first-order valence-electron chi connectivity index (χ1n) is 7.87. The predicted molar refractivity (Wildman–Crippen MR) is 77.9 cm³/mol. The lowest BCUT2D eigenvalue weighted by Crippen LogP contribution is -2.49. The van der Waals surface area contributed by atoms with Gasteiger partial charge in [0.15, 0.2) is 0 Å². The molecule has 3 N–H and O–H groups in total. The number of amides is 2. The first-order chi connectivity index (χ1) is 9.61. The molecule has 2 unspecified atom stereocenters. The fraction of sp³-hybridized carbons (Fsp3) is 0.867. The molecule has 114 valence electrons. The van der Waals surface area contributed by atoms with Gasteiger partial charge in [0.1, 0.15) is 0 Å². The third-order valence-corrected chi connectivity index (χ3v) is 4.74. The van der Waals surface area contributed by atoms with E-state index in [-0.39, 0.29) is 17.9 Å². The average molecular weight is 281 g/mol. The fourth-order valence-electron chi connectivity index (χ4n) is 3.58. The Morgan fingerprint density at radius 3 is 2.40 bits per heavy atom. The van der Waals surface area contributed by atoms with Crippen LogP contribution >= 0.6 is 0 Å². The molecular formula is C15H27N3O2. The fourth-order valence-corrected chi connectivity index (χ4v) is 3.58. The van der Waals surface area contributed by atoms with Crippen LogP contribution in [0, 0.1) is 11.8 Å². The Balaban J connectivity index is 1.86. The van der Waals surface area contributed by atoms with Crippen LogP contribution in [-0.4, -0.2) is 42.4 Å². The number of hydrogen-bond acceptors (Lipinski definition) is 3. The van der Waals surface area contributed by atoms with Crippen molar-refractivity contribution in [2.24, 2.45) is 17.6 Å². The van der Waals surface area contributed by atoms with Gasteiger partial charge in [-0.05, 0) is 38.1 Å². The Labute approximate surface area is 121 Å². The molecule has 20 heavy (non-hydrogen) atoms. The zero-order valence-electron chi connectivity index (χ0n) is 12.4. The van der Waals surface area contributed by atoms with Gasteiger partial charge in [0.2, 0.25) is 11.8 Å². The van der Waals surface area contributed by atoms with E-state index in [9.17, 15) is 9.59 Å². The van der Waals surface area contributed by atoms with E-state index in [2.05, 4.69) is 5.32 Å². The van der Waals surface area contributed by atoms with Crippen molar-refractivity contribution in [3.05, 3.63) is 0 Å². The van der Waals surface area contributed by atoms with Crippen molar-refractivity contribution in [1.82, 2.24) is 10.2 Å². The van der Waals surface area contributed by atoms with E-state index >= 15 is 0 Å². The summed E-state index contributed by atoms with van der Waals surface area (Å²) in [5.74, 6) is 0.807. The molecule has 0 spiro atoms. The number of nitrogens with zero attached hydrogens (tertiary/aromatic N) is 1. The topological polar surface area (TPSA) is 75.4 Å². The lowest BCUT2D eigenvalue weighted by molar-refractivity contribution is -0.139.